The van der Waals surface area contributed by atoms with Gasteiger partial charge in [-0.15, -0.1) is 0 Å². The van der Waals surface area contributed by atoms with E-state index < -0.39 is 5.97 Å². The van der Waals surface area contributed by atoms with Crippen molar-refractivity contribution >= 4 is 17.7 Å². The summed E-state index contributed by atoms with van der Waals surface area (Å²) in [6, 6.07) is 13.5. The molecule has 4 rings (SSSR count). The molecule has 1 aromatic carbocycles. The van der Waals surface area contributed by atoms with Crippen molar-refractivity contribution in [3.05, 3.63) is 59.9 Å². The zero-order chi connectivity index (χ0) is 20.9. The van der Waals surface area contributed by atoms with Crippen molar-refractivity contribution < 1.29 is 19.1 Å². The number of carbonyl (C=O) groups is 2. The summed E-state index contributed by atoms with van der Waals surface area (Å²) >= 11 is 0. The molecule has 0 unspecified atom stereocenters. The lowest BCUT2D eigenvalue weighted by Gasteiger charge is -2.43. The number of hydrogen-bond donors (Lipinski definition) is 0. The van der Waals surface area contributed by atoms with E-state index in [0.29, 0.717) is 36.9 Å². The third-order valence-corrected chi connectivity index (χ3v) is 5.59. The molecule has 8 heteroatoms. The summed E-state index contributed by atoms with van der Waals surface area (Å²) in [5.74, 6) is -0.431. The van der Waals surface area contributed by atoms with Crippen molar-refractivity contribution in [1.29, 1.82) is 0 Å². The summed E-state index contributed by atoms with van der Waals surface area (Å²) in [4.78, 5) is 35.4. The predicted octanol–water partition coefficient (Wildman–Crippen LogP) is 2.01. The Morgan fingerprint density at radius 3 is 2.40 bits per heavy atom. The van der Waals surface area contributed by atoms with E-state index in [0.717, 1.165) is 32.0 Å². The van der Waals surface area contributed by atoms with Crippen LogP contribution in [-0.4, -0.2) is 79.3 Å². The number of ether oxygens (including phenoxy) is 2. The number of rotatable bonds is 5. The molecule has 2 amide bonds. The van der Waals surface area contributed by atoms with Crippen LogP contribution < -0.4 is 4.90 Å². The van der Waals surface area contributed by atoms with Crippen molar-refractivity contribution in [2.24, 2.45) is 0 Å². The molecule has 0 spiro atoms. The fraction of sp³-hybridized carbons (Fsp3) is 0.409. The van der Waals surface area contributed by atoms with Crippen LogP contribution in [0.15, 0.2) is 48.7 Å². The van der Waals surface area contributed by atoms with Gasteiger partial charge in [0.25, 0.3) is 0 Å². The van der Waals surface area contributed by atoms with Crippen molar-refractivity contribution in [3.63, 3.8) is 0 Å². The molecule has 0 bridgehead atoms. The average Bonchev–Trinajstić information content (AvgIpc) is 2.77. The summed E-state index contributed by atoms with van der Waals surface area (Å²) < 4.78 is 10.0. The maximum atomic E-state index is 13.4. The predicted molar refractivity (Wildman–Crippen MR) is 111 cm³/mol. The zero-order valence-corrected chi connectivity index (χ0v) is 17.1. The van der Waals surface area contributed by atoms with Crippen LogP contribution in [0.5, 0.6) is 0 Å². The number of urea groups is 1. The van der Waals surface area contributed by atoms with E-state index in [2.05, 4.69) is 9.88 Å². The Balaban J connectivity index is 1.47. The summed E-state index contributed by atoms with van der Waals surface area (Å²) in [6.45, 7) is 4.99. The molecule has 2 saturated heterocycles. The van der Waals surface area contributed by atoms with Crippen LogP contribution in [0.1, 0.15) is 16.1 Å². The van der Waals surface area contributed by atoms with E-state index in [1.165, 1.54) is 13.3 Å². The quantitative estimate of drug-likeness (QED) is 0.702. The van der Waals surface area contributed by atoms with Crippen molar-refractivity contribution in [2.75, 3.05) is 51.4 Å². The highest BCUT2D eigenvalue weighted by atomic mass is 16.5. The molecule has 0 saturated carbocycles. The number of amides is 2. The Morgan fingerprint density at radius 1 is 1.10 bits per heavy atom. The lowest BCUT2D eigenvalue weighted by Crippen LogP contribution is -2.59. The number of piperazine rings is 1. The van der Waals surface area contributed by atoms with Gasteiger partial charge in [-0.2, -0.15) is 0 Å². The van der Waals surface area contributed by atoms with E-state index >= 15 is 0 Å². The number of benzene rings is 1. The van der Waals surface area contributed by atoms with Gasteiger partial charge in [0.15, 0.2) is 0 Å². The van der Waals surface area contributed by atoms with Crippen LogP contribution in [-0.2, 0) is 16.0 Å². The first-order chi connectivity index (χ1) is 14.7. The Kier molecular flexibility index (Phi) is 6.25. The molecule has 0 radical (unpaired) electrons. The van der Waals surface area contributed by atoms with Crippen LogP contribution in [0.4, 0.5) is 10.5 Å². The molecule has 8 nitrogen and oxygen atoms in total. The molecule has 2 aliphatic rings. The maximum Gasteiger partial charge on any atom is 0.339 e. The summed E-state index contributed by atoms with van der Waals surface area (Å²) in [5, 5.41) is 0. The summed E-state index contributed by atoms with van der Waals surface area (Å²) in [6.07, 6.45) is 1.48. The number of anilines is 1. The third kappa shape index (κ3) is 4.44. The number of hydrogen-bond acceptors (Lipinski definition) is 6. The van der Waals surface area contributed by atoms with Crippen molar-refractivity contribution in [1.82, 2.24) is 14.8 Å². The average molecular weight is 410 g/mol. The molecule has 2 fully saturated rings. The monoisotopic (exact) mass is 410 g/mol. The number of carbonyl (C=O) groups excluding carboxylic acids is 2. The minimum absolute atomic E-state index is 0.0375. The van der Waals surface area contributed by atoms with E-state index in [-0.39, 0.29) is 6.03 Å². The highest BCUT2D eigenvalue weighted by Gasteiger charge is 2.32. The van der Waals surface area contributed by atoms with Gasteiger partial charge in [0.1, 0.15) is 0 Å². The van der Waals surface area contributed by atoms with Gasteiger partial charge in [0.05, 0.1) is 44.2 Å². The van der Waals surface area contributed by atoms with Gasteiger partial charge in [-0.3, -0.25) is 14.8 Å². The first-order valence-electron chi connectivity index (χ1n) is 10.1. The van der Waals surface area contributed by atoms with Gasteiger partial charge >= 0.3 is 12.0 Å². The molecule has 0 N–H and O–H groups in total. The fourth-order valence-corrected chi connectivity index (χ4v) is 3.68. The van der Waals surface area contributed by atoms with Gasteiger partial charge in [-0.25, -0.2) is 9.59 Å². The molecule has 2 aliphatic heterocycles. The number of pyridine rings is 1. The zero-order valence-electron chi connectivity index (χ0n) is 17.1. The number of esters is 1. The molecule has 0 aliphatic carbocycles. The van der Waals surface area contributed by atoms with E-state index in [1.54, 1.807) is 17.0 Å². The van der Waals surface area contributed by atoms with E-state index in [1.807, 2.05) is 35.2 Å². The van der Waals surface area contributed by atoms with Crippen molar-refractivity contribution in [2.45, 2.75) is 12.6 Å². The third-order valence-electron chi connectivity index (χ3n) is 5.59. The lowest BCUT2D eigenvalue weighted by atomic mass is 10.2. The second kappa shape index (κ2) is 9.23. The van der Waals surface area contributed by atoms with Crippen LogP contribution in [0, 0.1) is 0 Å². The lowest BCUT2D eigenvalue weighted by molar-refractivity contribution is -0.0738. The van der Waals surface area contributed by atoms with Crippen LogP contribution in [0.3, 0.4) is 0 Å². The first-order valence-corrected chi connectivity index (χ1v) is 10.1. The number of nitrogens with zero attached hydrogens (tertiary/aromatic N) is 4. The van der Waals surface area contributed by atoms with Gasteiger partial charge in [0.2, 0.25) is 0 Å². The van der Waals surface area contributed by atoms with Crippen LogP contribution in [0.2, 0.25) is 0 Å². The molecule has 30 heavy (non-hydrogen) atoms. The van der Waals surface area contributed by atoms with Crippen LogP contribution >= 0.6 is 0 Å². The topological polar surface area (TPSA) is 75.2 Å². The molecule has 158 valence electrons. The second-order valence-electron chi connectivity index (χ2n) is 7.45. The summed E-state index contributed by atoms with van der Waals surface area (Å²) in [5.41, 5.74) is 1.90. The largest absolute Gasteiger partial charge is 0.465 e. The summed E-state index contributed by atoms with van der Waals surface area (Å²) in [7, 11) is 1.34. The van der Waals surface area contributed by atoms with Gasteiger partial charge in [0, 0.05) is 38.1 Å². The van der Waals surface area contributed by atoms with E-state index in [4.69, 9.17) is 9.47 Å². The minimum Gasteiger partial charge on any atom is -0.465 e. The second-order valence-corrected chi connectivity index (χ2v) is 7.45. The molecule has 3 heterocycles. The fourth-order valence-electron chi connectivity index (χ4n) is 3.68. The number of methoxy groups -OCH3 is 1. The molecular weight excluding hydrogens is 384 g/mol. The Hall–Kier alpha value is -2.97. The Bertz CT molecular complexity index is 862. The molecule has 1 aromatic heterocycles. The van der Waals surface area contributed by atoms with Gasteiger partial charge < -0.3 is 14.4 Å². The highest BCUT2D eigenvalue weighted by Crippen LogP contribution is 2.20. The molecule has 2 aromatic rings. The smallest absolute Gasteiger partial charge is 0.339 e. The van der Waals surface area contributed by atoms with Crippen LogP contribution in [0.25, 0.3) is 0 Å². The van der Waals surface area contributed by atoms with Gasteiger partial charge in [-0.1, -0.05) is 18.2 Å². The Labute approximate surface area is 176 Å². The Morgan fingerprint density at radius 2 is 1.83 bits per heavy atom. The van der Waals surface area contributed by atoms with Crippen molar-refractivity contribution in [3.8, 4) is 0 Å². The molecular formula is C22H26N4O4. The number of aromatic nitrogens is 1. The maximum absolute atomic E-state index is 13.4. The van der Waals surface area contributed by atoms with Gasteiger partial charge in [-0.05, 0) is 24.3 Å². The standard InChI is InChI=1S/C22H26N4O4/c1-29-21(27)17-7-8-18(23-13-17)14-26(19-5-3-2-4-6-19)22(28)25-11-9-24(10-12-25)20-15-30-16-20/h2-8,13,20H,9-12,14-16H2,1H3. The SMILES string of the molecule is COC(=O)c1ccc(CN(C(=O)N2CCN(C3COC3)CC2)c2ccccc2)nc1. The minimum atomic E-state index is -0.431. The normalized spacial score (nSPS) is 17.3. The first kappa shape index (κ1) is 20.3. The van der Waals surface area contributed by atoms with E-state index in [9.17, 15) is 9.59 Å². The number of para-hydroxylation sites is 1. The highest BCUT2D eigenvalue weighted by molar-refractivity contribution is 5.92. The molecule has 0 atom stereocenters.